The van der Waals surface area contributed by atoms with Crippen LogP contribution in [0.5, 0.6) is 11.5 Å². The first-order valence-electron chi connectivity index (χ1n) is 7.87. The van der Waals surface area contributed by atoms with Gasteiger partial charge in [-0.2, -0.15) is 0 Å². The van der Waals surface area contributed by atoms with Gasteiger partial charge in [0.15, 0.2) is 6.61 Å². The minimum absolute atomic E-state index is 0.296. The van der Waals surface area contributed by atoms with Crippen molar-refractivity contribution < 1.29 is 23.9 Å². The third-order valence-corrected chi connectivity index (χ3v) is 3.61. The molecule has 0 aliphatic rings. The molecular formula is C18H18ClN3O5. The molecule has 142 valence electrons. The molecule has 0 aliphatic heterocycles. The molecule has 0 saturated carbocycles. The summed E-state index contributed by atoms with van der Waals surface area (Å²) in [6, 6.07) is 13.3. The molecule has 0 aliphatic carbocycles. The highest BCUT2D eigenvalue weighted by molar-refractivity contribution is 6.32. The van der Waals surface area contributed by atoms with Crippen LogP contribution < -0.4 is 25.6 Å². The molecular weight excluding hydrogens is 374 g/mol. The Hall–Kier alpha value is -3.26. The number of hydrazine groups is 1. The van der Waals surface area contributed by atoms with Crippen LogP contribution in [0.3, 0.4) is 0 Å². The summed E-state index contributed by atoms with van der Waals surface area (Å²) in [6.07, 6.45) is 0. The standard InChI is InChI=1S/C18H18ClN3O5/c1-26-14-8-4-2-6-12(14)18(25)20-10-16(23)21-22-17(24)11-27-15-9-5-3-7-13(15)19/h2-9H,10-11H2,1H3,(H,20,25)(H,21,23)(H,22,24). The summed E-state index contributed by atoms with van der Waals surface area (Å²) in [4.78, 5) is 35.5. The maximum absolute atomic E-state index is 12.1. The minimum Gasteiger partial charge on any atom is -0.496 e. The Labute approximate surface area is 160 Å². The second-order valence-corrected chi connectivity index (χ2v) is 5.61. The number of rotatable bonds is 7. The Morgan fingerprint density at radius 3 is 2.26 bits per heavy atom. The van der Waals surface area contributed by atoms with Crippen LogP contribution in [0.2, 0.25) is 5.02 Å². The Bertz CT molecular complexity index is 828. The van der Waals surface area contributed by atoms with E-state index < -0.39 is 17.7 Å². The highest BCUT2D eigenvalue weighted by Crippen LogP contribution is 2.22. The van der Waals surface area contributed by atoms with Crippen molar-refractivity contribution in [2.24, 2.45) is 0 Å². The van der Waals surface area contributed by atoms with Crippen molar-refractivity contribution in [3.05, 3.63) is 59.1 Å². The molecule has 8 nitrogen and oxygen atoms in total. The van der Waals surface area contributed by atoms with E-state index >= 15 is 0 Å². The fourth-order valence-corrected chi connectivity index (χ4v) is 2.20. The summed E-state index contributed by atoms with van der Waals surface area (Å²) >= 11 is 5.90. The zero-order valence-electron chi connectivity index (χ0n) is 14.5. The number of amides is 3. The molecule has 0 spiro atoms. The fourth-order valence-electron chi connectivity index (χ4n) is 2.01. The van der Waals surface area contributed by atoms with Gasteiger partial charge in [0, 0.05) is 0 Å². The van der Waals surface area contributed by atoms with Crippen molar-refractivity contribution in [1.82, 2.24) is 16.2 Å². The molecule has 9 heteroatoms. The normalized spacial score (nSPS) is 9.85. The Balaban J connectivity index is 1.72. The van der Waals surface area contributed by atoms with Crippen molar-refractivity contribution in [3.63, 3.8) is 0 Å². The Morgan fingerprint density at radius 1 is 0.926 bits per heavy atom. The van der Waals surface area contributed by atoms with E-state index in [0.29, 0.717) is 22.1 Å². The lowest BCUT2D eigenvalue weighted by molar-refractivity contribution is -0.129. The van der Waals surface area contributed by atoms with E-state index in [1.165, 1.54) is 7.11 Å². The lowest BCUT2D eigenvalue weighted by atomic mass is 10.2. The van der Waals surface area contributed by atoms with E-state index in [-0.39, 0.29) is 13.2 Å². The van der Waals surface area contributed by atoms with Gasteiger partial charge < -0.3 is 14.8 Å². The predicted octanol–water partition coefficient (Wildman–Crippen LogP) is 1.30. The SMILES string of the molecule is COc1ccccc1C(=O)NCC(=O)NNC(=O)COc1ccccc1Cl. The third kappa shape index (κ3) is 6.19. The van der Waals surface area contributed by atoms with Crippen molar-refractivity contribution in [1.29, 1.82) is 0 Å². The molecule has 0 aromatic heterocycles. The smallest absolute Gasteiger partial charge is 0.276 e. The Kier molecular flexibility index (Phi) is 7.45. The first kappa shape index (κ1) is 20.1. The first-order chi connectivity index (χ1) is 13.0. The molecule has 0 unspecified atom stereocenters. The second-order valence-electron chi connectivity index (χ2n) is 5.20. The summed E-state index contributed by atoms with van der Waals surface area (Å²) < 4.78 is 10.3. The fraction of sp³-hybridized carbons (Fsp3) is 0.167. The summed E-state index contributed by atoms with van der Waals surface area (Å²) in [5.74, 6) is -0.926. The van der Waals surface area contributed by atoms with Crippen molar-refractivity contribution in [2.75, 3.05) is 20.3 Å². The van der Waals surface area contributed by atoms with Crippen LogP contribution >= 0.6 is 11.6 Å². The quantitative estimate of drug-likeness (QED) is 0.617. The molecule has 2 rings (SSSR count). The van der Waals surface area contributed by atoms with Gasteiger partial charge >= 0.3 is 0 Å². The van der Waals surface area contributed by atoms with Crippen molar-refractivity contribution >= 4 is 29.3 Å². The van der Waals surface area contributed by atoms with Crippen LogP contribution in [0.25, 0.3) is 0 Å². The molecule has 2 aromatic rings. The molecule has 0 saturated heterocycles. The van der Waals surface area contributed by atoms with Gasteiger partial charge in [0.1, 0.15) is 11.5 Å². The van der Waals surface area contributed by atoms with Gasteiger partial charge in [-0.15, -0.1) is 0 Å². The van der Waals surface area contributed by atoms with Crippen LogP contribution in [-0.2, 0) is 9.59 Å². The number of methoxy groups -OCH3 is 1. The number of hydrogen-bond donors (Lipinski definition) is 3. The van der Waals surface area contributed by atoms with E-state index in [9.17, 15) is 14.4 Å². The molecule has 3 amide bonds. The Morgan fingerprint density at radius 2 is 1.56 bits per heavy atom. The highest BCUT2D eigenvalue weighted by Gasteiger charge is 2.13. The molecule has 2 aromatic carbocycles. The molecule has 3 N–H and O–H groups in total. The van der Waals surface area contributed by atoms with Gasteiger partial charge in [-0.05, 0) is 24.3 Å². The highest BCUT2D eigenvalue weighted by atomic mass is 35.5. The number of halogens is 1. The average molecular weight is 392 g/mol. The minimum atomic E-state index is -0.607. The zero-order valence-corrected chi connectivity index (χ0v) is 15.2. The molecule has 0 fully saturated rings. The van der Waals surface area contributed by atoms with Gasteiger partial charge in [0.2, 0.25) is 0 Å². The van der Waals surface area contributed by atoms with Gasteiger partial charge in [0.05, 0.1) is 24.2 Å². The second kappa shape index (κ2) is 10.0. The van der Waals surface area contributed by atoms with E-state index in [1.54, 1.807) is 48.5 Å². The van der Waals surface area contributed by atoms with Crippen LogP contribution in [0.4, 0.5) is 0 Å². The van der Waals surface area contributed by atoms with Crippen molar-refractivity contribution in [3.8, 4) is 11.5 Å². The number of para-hydroxylation sites is 2. The van der Waals surface area contributed by atoms with Crippen LogP contribution in [0.15, 0.2) is 48.5 Å². The summed E-state index contributed by atoms with van der Waals surface area (Å²) in [7, 11) is 1.44. The summed E-state index contributed by atoms with van der Waals surface area (Å²) in [5.41, 5.74) is 4.64. The maximum atomic E-state index is 12.1. The third-order valence-electron chi connectivity index (χ3n) is 3.30. The molecule has 27 heavy (non-hydrogen) atoms. The molecule has 0 bridgehead atoms. The van der Waals surface area contributed by atoms with Gasteiger partial charge in [-0.3, -0.25) is 25.2 Å². The van der Waals surface area contributed by atoms with E-state index in [4.69, 9.17) is 21.1 Å². The lowest BCUT2D eigenvalue weighted by Gasteiger charge is -2.11. The number of benzene rings is 2. The molecule has 0 atom stereocenters. The van der Waals surface area contributed by atoms with E-state index in [1.807, 2.05) is 0 Å². The van der Waals surface area contributed by atoms with E-state index in [0.717, 1.165) is 0 Å². The van der Waals surface area contributed by atoms with Gasteiger partial charge in [0.25, 0.3) is 17.7 Å². The van der Waals surface area contributed by atoms with E-state index in [2.05, 4.69) is 16.2 Å². The molecule has 0 radical (unpaired) electrons. The number of ether oxygens (including phenoxy) is 2. The zero-order chi connectivity index (χ0) is 19.6. The lowest BCUT2D eigenvalue weighted by Crippen LogP contribution is -2.47. The van der Waals surface area contributed by atoms with Gasteiger partial charge in [-0.25, -0.2) is 0 Å². The van der Waals surface area contributed by atoms with Crippen molar-refractivity contribution in [2.45, 2.75) is 0 Å². The van der Waals surface area contributed by atoms with Crippen LogP contribution in [-0.4, -0.2) is 38.0 Å². The maximum Gasteiger partial charge on any atom is 0.276 e. The monoisotopic (exact) mass is 391 g/mol. The van der Waals surface area contributed by atoms with Crippen LogP contribution in [0, 0.1) is 0 Å². The molecule has 0 heterocycles. The largest absolute Gasteiger partial charge is 0.496 e. The number of carbonyl (C=O) groups is 3. The topological polar surface area (TPSA) is 106 Å². The average Bonchev–Trinajstić information content (AvgIpc) is 2.69. The first-order valence-corrected chi connectivity index (χ1v) is 8.25. The summed E-state index contributed by atoms with van der Waals surface area (Å²) in [6.45, 7) is -0.667. The van der Waals surface area contributed by atoms with Gasteiger partial charge in [-0.1, -0.05) is 35.9 Å². The van der Waals surface area contributed by atoms with Crippen LogP contribution in [0.1, 0.15) is 10.4 Å². The number of hydrogen-bond acceptors (Lipinski definition) is 5. The number of nitrogens with one attached hydrogen (secondary N) is 3. The predicted molar refractivity (Wildman–Crippen MR) is 98.6 cm³/mol. The summed E-state index contributed by atoms with van der Waals surface area (Å²) in [5, 5.41) is 2.80. The number of carbonyl (C=O) groups excluding carboxylic acids is 3.